The molecule has 0 atom stereocenters. The van der Waals surface area contributed by atoms with Crippen molar-refractivity contribution in [3.63, 3.8) is 0 Å². The second kappa shape index (κ2) is 9.98. The van der Waals surface area contributed by atoms with Gasteiger partial charge in [0.25, 0.3) is 0 Å². The van der Waals surface area contributed by atoms with Gasteiger partial charge in [-0.3, -0.25) is 4.79 Å². The van der Waals surface area contributed by atoms with Gasteiger partial charge in [-0.25, -0.2) is 4.98 Å². The third-order valence-corrected chi connectivity index (χ3v) is 5.60. The number of nitrogens with zero attached hydrogens (tertiary/aromatic N) is 1. The normalized spacial score (nSPS) is 10.4. The number of ether oxygens (including phenoxy) is 3. The van der Waals surface area contributed by atoms with E-state index in [0.717, 1.165) is 10.6 Å². The average molecular weight is 447 g/mol. The molecule has 0 unspecified atom stereocenters. The van der Waals surface area contributed by atoms with E-state index in [4.69, 9.17) is 14.2 Å². The molecule has 6 nitrogen and oxygen atoms in total. The van der Waals surface area contributed by atoms with Crippen LogP contribution in [0.3, 0.4) is 0 Å². The predicted molar refractivity (Wildman–Crippen MR) is 126 cm³/mol. The molecule has 0 bridgehead atoms. The minimum absolute atomic E-state index is 0.156. The predicted octanol–water partition coefficient (Wildman–Crippen LogP) is 5.80. The van der Waals surface area contributed by atoms with Crippen LogP contribution < -0.4 is 19.5 Å². The first-order chi connectivity index (χ1) is 15.7. The number of carbonyl (C=O) groups is 1. The first kappa shape index (κ1) is 21.4. The molecular weight excluding hydrogens is 424 g/mol. The van der Waals surface area contributed by atoms with E-state index in [0.29, 0.717) is 34.4 Å². The van der Waals surface area contributed by atoms with E-state index < -0.39 is 0 Å². The summed E-state index contributed by atoms with van der Waals surface area (Å²) in [5.41, 5.74) is 2.20. The molecule has 0 fully saturated rings. The van der Waals surface area contributed by atoms with Gasteiger partial charge >= 0.3 is 0 Å². The molecule has 32 heavy (non-hydrogen) atoms. The number of methoxy groups -OCH3 is 2. The van der Waals surface area contributed by atoms with Crippen molar-refractivity contribution in [1.82, 2.24) is 4.98 Å². The zero-order chi connectivity index (χ0) is 22.3. The monoisotopic (exact) mass is 446 g/mol. The Labute approximate surface area is 190 Å². The van der Waals surface area contributed by atoms with Crippen molar-refractivity contribution in [3.05, 3.63) is 83.9 Å². The largest absolute Gasteiger partial charge is 0.493 e. The van der Waals surface area contributed by atoms with Crippen LogP contribution in [0.1, 0.15) is 5.69 Å². The fourth-order valence-corrected chi connectivity index (χ4v) is 3.94. The highest BCUT2D eigenvalue weighted by Gasteiger charge is 2.13. The SMILES string of the molecule is COc1ccc(-c2nc(CC(=O)Nc3ccccc3Oc3ccccc3)cs2)cc1OC. The van der Waals surface area contributed by atoms with Crippen LogP contribution in [-0.4, -0.2) is 25.1 Å². The maximum Gasteiger partial charge on any atom is 0.230 e. The van der Waals surface area contributed by atoms with Gasteiger partial charge < -0.3 is 19.5 Å². The molecule has 7 heteroatoms. The Balaban J connectivity index is 1.44. The first-order valence-corrected chi connectivity index (χ1v) is 10.8. The molecular formula is C25H22N2O4S. The van der Waals surface area contributed by atoms with Gasteiger partial charge in [-0.2, -0.15) is 0 Å². The third-order valence-electron chi connectivity index (χ3n) is 4.66. The number of hydrogen-bond acceptors (Lipinski definition) is 6. The summed E-state index contributed by atoms with van der Waals surface area (Å²) < 4.78 is 16.6. The molecule has 1 aromatic heterocycles. The summed E-state index contributed by atoms with van der Waals surface area (Å²) in [5, 5.41) is 5.62. The number of aromatic nitrogens is 1. The number of amides is 1. The van der Waals surface area contributed by atoms with Crippen molar-refractivity contribution in [1.29, 1.82) is 0 Å². The van der Waals surface area contributed by atoms with E-state index in [1.165, 1.54) is 11.3 Å². The topological polar surface area (TPSA) is 69.7 Å². The summed E-state index contributed by atoms with van der Waals surface area (Å²) >= 11 is 1.48. The molecule has 0 aliphatic heterocycles. The number of anilines is 1. The smallest absolute Gasteiger partial charge is 0.230 e. The molecule has 3 aromatic carbocycles. The lowest BCUT2D eigenvalue weighted by atomic mass is 10.2. The first-order valence-electron chi connectivity index (χ1n) is 9.95. The molecule has 1 heterocycles. The highest BCUT2D eigenvalue weighted by molar-refractivity contribution is 7.13. The number of benzene rings is 3. The molecule has 4 rings (SSSR count). The van der Waals surface area contributed by atoms with Crippen molar-refractivity contribution >= 4 is 22.9 Å². The van der Waals surface area contributed by atoms with Crippen molar-refractivity contribution in [2.75, 3.05) is 19.5 Å². The molecule has 0 aliphatic carbocycles. The Morgan fingerprint density at radius 1 is 0.906 bits per heavy atom. The quantitative estimate of drug-likeness (QED) is 0.370. The van der Waals surface area contributed by atoms with Gasteiger partial charge in [-0.15, -0.1) is 11.3 Å². The number of carbonyl (C=O) groups excluding carboxylic acids is 1. The minimum Gasteiger partial charge on any atom is -0.493 e. The van der Waals surface area contributed by atoms with Crippen LogP contribution in [-0.2, 0) is 11.2 Å². The number of para-hydroxylation sites is 3. The van der Waals surface area contributed by atoms with Crippen LogP contribution in [0.5, 0.6) is 23.0 Å². The molecule has 162 valence electrons. The lowest BCUT2D eigenvalue weighted by Gasteiger charge is -2.12. The van der Waals surface area contributed by atoms with E-state index in [9.17, 15) is 4.79 Å². The van der Waals surface area contributed by atoms with Crippen molar-refractivity contribution < 1.29 is 19.0 Å². The summed E-state index contributed by atoms with van der Waals surface area (Å²) in [6, 6.07) is 22.4. The van der Waals surface area contributed by atoms with Crippen LogP contribution in [0.15, 0.2) is 78.2 Å². The summed E-state index contributed by atoms with van der Waals surface area (Å²) in [7, 11) is 3.19. The summed E-state index contributed by atoms with van der Waals surface area (Å²) in [5.74, 6) is 2.40. The van der Waals surface area contributed by atoms with Gasteiger partial charge in [0, 0.05) is 10.9 Å². The maximum atomic E-state index is 12.7. The van der Waals surface area contributed by atoms with E-state index in [1.807, 2.05) is 78.2 Å². The summed E-state index contributed by atoms with van der Waals surface area (Å²) in [6.07, 6.45) is 0.156. The van der Waals surface area contributed by atoms with E-state index in [1.54, 1.807) is 14.2 Å². The second-order valence-electron chi connectivity index (χ2n) is 6.85. The number of rotatable bonds is 8. The highest BCUT2D eigenvalue weighted by Crippen LogP contribution is 2.34. The standard InChI is InChI=1S/C25H22N2O4S/c1-29-22-13-12-17(14-23(22)30-2)25-26-18(16-32-25)15-24(28)27-20-10-6-7-11-21(20)31-19-8-4-3-5-9-19/h3-14,16H,15H2,1-2H3,(H,27,28). The lowest BCUT2D eigenvalue weighted by Crippen LogP contribution is -2.15. The summed E-state index contributed by atoms with van der Waals surface area (Å²) in [6.45, 7) is 0. The van der Waals surface area contributed by atoms with Crippen LogP contribution >= 0.6 is 11.3 Å². The van der Waals surface area contributed by atoms with Gasteiger partial charge in [-0.1, -0.05) is 30.3 Å². The fraction of sp³-hybridized carbons (Fsp3) is 0.120. The maximum absolute atomic E-state index is 12.7. The van der Waals surface area contributed by atoms with E-state index >= 15 is 0 Å². The number of hydrogen-bond donors (Lipinski definition) is 1. The van der Waals surface area contributed by atoms with Crippen LogP contribution in [0.25, 0.3) is 10.6 Å². The van der Waals surface area contributed by atoms with Crippen LogP contribution in [0, 0.1) is 0 Å². The molecule has 0 spiro atoms. The lowest BCUT2D eigenvalue weighted by molar-refractivity contribution is -0.115. The average Bonchev–Trinajstić information content (AvgIpc) is 3.29. The Bertz CT molecular complexity index is 1210. The Hall–Kier alpha value is -3.84. The van der Waals surface area contributed by atoms with Crippen molar-refractivity contribution in [3.8, 4) is 33.6 Å². The van der Waals surface area contributed by atoms with Crippen molar-refractivity contribution in [2.24, 2.45) is 0 Å². The molecule has 0 aliphatic rings. The van der Waals surface area contributed by atoms with Gasteiger partial charge in [-0.05, 0) is 42.5 Å². The second-order valence-corrected chi connectivity index (χ2v) is 7.71. The molecule has 4 aromatic rings. The molecule has 0 saturated heterocycles. The van der Waals surface area contributed by atoms with E-state index in [-0.39, 0.29) is 12.3 Å². The summed E-state index contributed by atoms with van der Waals surface area (Å²) in [4.78, 5) is 17.3. The Kier molecular flexibility index (Phi) is 6.67. The number of thiazole rings is 1. The van der Waals surface area contributed by atoms with Gasteiger partial charge in [0.2, 0.25) is 5.91 Å². The van der Waals surface area contributed by atoms with Gasteiger partial charge in [0.1, 0.15) is 10.8 Å². The minimum atomic E-state index is -0.168. The fourth-order valence-electron chi connectivity index (χ4n) is 3.12. The third kappa shape index (κ3) is 5.07. The molecule has 0 radical (unpaired) electrons. The Morgan fingerprint density at radius 3 is 2.44 bits per heavy atom. The molecule has 1 N–H and O–H groups in total. The van der Waals surface area contributed by atoms with Gasteiger partial charge in [0.15, 0.2) is 17.2 Å². The van der Waals surface area contributed by atoms with Crippen molar-refractivity contribution in [2.45, 2.75) is 6.42 Å². The Morgan fingerprint density at radius 2 is 1.66 bits per heavy atom. The van der Waals surface area contributed by atoms with E-state index in [2.05, 4.69) is 10.3 Å². The number of nitrogens with one attached hydrogen (secondary N) is 1. The zero-order valence-corrected chi connectivity index (χ0v) is 18.5. The molecule has 1 amide bonds. The zero-order valence-electron chi connectivity index (χ0n) is 17.7. The van der Waals surface area contributed by atoms with Crippen LogP contribution in [0.2, 0.25) is 0 Å². The van der Waals surface area contributed by atoms with Crippen LogP contribution in [0.4, 0.5) is 5.69 Å². The van der Waals surface area contributed by atoms with Gasteiger partial charge in [0.05, 0.1) is 32.0 Å². The molecule has 0 saturated carbocycles. The highest BCUT2D eigenvalue weighted by atomic mass is 32.1.